The maximum atomic E-state index is 11.9. The summed E-state index contributed by atoms with van der Waals surface area (Å²) in [7, 11) is 0. The van der Waals surface area contributed by atoms with Crippen LogP contribution in [0.5, 0.6) is 0 Å². The minimum Gasteiger partial charge on any atom is -0.434 e. The highest BCUT2D eigenvalue weighted by molar-refractivity contribution is 5.59. The third-order valence-electron chi connectivity index (χ3n) is 3.86. The van der Waals surface area contributed by atoms with E-state index in [2.05, 4.69) is 9.47 Å². The molecule has 2 saturated carbocycles. The van der Waals surface area contributed by atoms with Crippen LogP contribution in [0.3, 0.4) is 0 Å². The summed E-state index contributed by atoms with van der Waals surface area (Å²) in [5.41, 5.74) is 0. The van der Waals surface area contributed by atoms with E-state index in [-0.39, 0.29) is 50.7 Å². The molecule has 0 spiro atoms. The van der Waals surface area contributed by atoms with Gasteiger partial charge in [-0.2, -0.15) is 0 Å². The number of carbonyl (C=O) groups is 1. The molecule has 0 saturated heterocycles. The van der Waals surface area contributed by atoms with Gasteiger partial charge in [-0.3, -0.25) is 9.47 Å². The maximum Gasteiger partial charge on any atom is 0.522 e. The van der Waals surface area contributed by atoms with Crippen LogP contribution in [0.2, 0.25) is 0 Å². The van der Waals surface area contributed by atoms with Gasteiger partial charge >= 0.3 is 18.9 Å². The lowest BCUT2D eigenvalue weighted by molar-refractivity contribution is -0.355. The Bertz CT molecular complexity index is 388. The van der Waals surface area contributed by atoms with Gasteiger partial charge in [-0.05, 0) is 37.5 Å². The number of carbonyl (C=O) groups excluding carboxylic acids is 1. The van der Waals surface area contributed by atoms with Crippen LogP contribution in [0.25, 0.3) is 0 Å². The van der Waals surface area contributed by atoms with Gasteiger partial charge in [0.25, 0.3) is 0 Å². The van der Waals surface area contributed by atoms with Gasteiger partial charge in [-0.1, -0.05) is 0 Å². The average Bonchev–Trinajstić information content (AvgIpc) is 2.31. The number of hydrogen-bond acceptors (Lipinski definition) is 5. The van der Waals surface area contributed by atoms with E-state index in [1.54, 1.807) is 0 Å². The van der Waals surface area contributed by atoms with Crippen LogP contribution in [0.1, 0.15) is 25.7 Å². The zero-order valence-corrected chi connectivity index (χ0v) is 12.4. The van der Waals surface area contributed by atoms with Gasteiger partial charge in [0.05, 0.1) is 25.4 Å². The van der Waals surface area contributed by atoms with Gasteiger partial charge in [0, 0.05) is 0 Å². The van der Waals surface area contributed by atoms with Gasteiger partial charge in [0.1, 0.15) is 0 Å². The summed E-state index contributed by atoms with van der Waals surface area (Å²) in [4.78, 5) is 11.3. The third kappa shape index (κ3) is 6.71. The van der Waals surface area contributed by atoms with E-state index in [0.29, 0.717) is 0 Å². The number of alkyl halides is 6. The molecular formula is C13H16F6O5. The molecule has 0 aromatic heterocycles. The monoisotopic (exact) mass is 366 g/mol. The fourth-order valence-electron chi connectivity index (χ4n) is 2.61. The van der Waals surface area contributed by atoms with Crippen molar-refractivity contribution in [3.05, 3.63) is 0 Å². The predicted octanol–water partition coefficient (Wildman–Crippen LogP) is 3.77. The van der Waals surface area contributed by atoms with Crippen molar-refractivity contribution in [1.82, 2.24) is 0 Å². The maximum absolute atomic E-state index is 11.9. The normalized spacial score (nSPS) is 30.2. The first-order chi connectivity index (χ1) is 11.0. The standard InChI is InChI=1S/C13H16F6O5/c14-12(15,16)23-9-1-7(2-9)5-21-11(20)22-6-8-3-10(4-8)24-13(17,18)19/h7-10H,1-6H2. The Kier molecular flexibility index (Phi) is 5.84. The highest BCUT2D eigenvalue weighted by Crippen LogP contribution is 2.36. The van der Waals surface area contributed by atoms with E-state index in [0.717, 1.165) is 0 Å². The second-order valence-electron chi connectivity index (χ2n) is 5.92. The van der Waals surface area contributed by atoms with Crippen LogP contribution in [0, 0.1) is 11.8 Å². The van der Waals surface area contributed by atoms with Crippen molar-refractivity contribution in [3.63, 3.8) is 0 Å². The molecule has 0 aliphatic heterocycles. The third-order valence-corrected chi connectivity index (χ3v) is 3.86. The second kappa shape index (κ2) is 7.34. The summed E-state index contributed by atoms with van der Waals surface area (Å²) in [6.45, 7) is -0.165. The van der Waals surface area contributed by atoms with Crippen LogP contribution in [0.15, 0.2) is 0 Å². The van der Waals surface area contributed by atoms with E-state index in [1.807, 2.05) is 0 Å². The first-order valence-corrected chi connectivity index (χ1v) is 7.29. The van der Waals surface area contributed by atoms with Gasteiger partial charge in [0.2, 0.25) is 0 Å². The van der Waals surface area contributed by atoms with Crippen LogP contribution in [0.4, 0.5) is 31.1 Å². The van der Waals surface area contributed by atoms with E-state index < -0.39 is 31.1 Å². The molecule has 2 rings (SSSR count). The largest absolute Gasteiger partial charge is 0.522 e. The highest BCUT2D eigenvalue weighted by atomic mass is 19.4. The molecule has 2 aliphatic carbocycles. The predicted molar refractivity (Wildman–Crippen MR) is 64.6 cm³/mol. The summed E-state index contributed by atoms with van der Waals surface area (Å²) in [5.74, 6) is -0.448. The first-order valence-electron chi connectivity index (χ1n) is 7.29. The molecule has 140 valence electrons. The SMILES string of the molecule is O=C(OCC1CC(OC(F)(F)F)C1)OCC1CC(OC(F)(F)F)C1. The van der Waals surface area contributed by atoms with Crippen LogP contribution < -0.4 is 0 Å². The van der Waals surface area contributed by atoms with E-state index in [1.165, 1.54) is 0 Å². The van der Waals surface area contributed by atoms with Gasteiger partial charge in [0.15, 0.2) is 0 Å². The molecule has 0 amide bonds. The minimum absolute atomic E-state index is 0.0823. The summed E-state index contributed by atoms with van der Waals surface area (Å²) < 4.78 is 88.5. The molecule has 2 fully saturated rings. The molecule has 0 unspecified atom stereocenters. The zero-order chi connectivity index (χ0) is 18.0. The Morgan fingerprint density at radius 1 is 0.750 bits per heavy atom. The lowest BCUT2D eigenvalue weighted by atomic mass is 9.83. The van der Waals surface area contributed by atoms with E-state index >= 15 is 0 Å². The molecule has 2 aliphatic rings. The zero-order valence-electron chi connectivity index (χ0n) is 12.4. The molecule has 0 heterocycles. The Balaban J connectivity index is 1.47. The summed E-state index contributed by atoms with van der Waals surface area (Å²) in [6.07, 6.45) is -11.7. The van der Waals surface area contributed by atoms with Crippen LogP contribution >= 0.6 is 0 Å². The van der Waals surface area contributed by atoms with Gasteiger partial charge in [-0.15, -0.1) is 26.3 Å². The Hall–Kier alpha value is -1.23. The van der Waals surface area contributed by atoms with Crippen molar-refractivity contribution >= 4 is 6.16 Å². The van der Waals surface area contributed by atoms with Gasteiger partial charge < -0.3 is 9.47 Å². The van der Waals surface area contributed by atoms with E-state index in [4.69, 9.17) is 9.47 Å². The quantitative estimate of drug-likeness (QED) is 0.529. The molecule has 5 nitrogen and oxygen atoms in total. The van der Waals surface area contributed by atoms with Crippen LogP contribution in [-0.4, -0.2) is 44.3 Å². The van der Waals surface area contributed by atoms with Crippen molar-refractivity contribution in [3.8, 4) is 0 Å². The number of rotatable bonds is 6. The van der Waals surface area contributed by atoms with E-state index in [9.17, 15) is 31.1 Å². The highest BCUT2D eigenvalue weighted by Gasteiger charge is 2.41. The number of halogens is 6. The topological polar surface area (TPSA) is 54.0 Å². The fraction of sp³-hybridized carbons (Fsp3) is 0.923. The van der Waals surface area contributed by atoms with Crippen molar-refractivity contribution in [2.45, 2.75) is 50.6 Å². The minimum atomic E-state index is -4.67. The Morgan fingerprint density at radius 2 is 1.08 bits per heavy atom. The summed E-state index contributed by atoms with van der Waals surface area (Å²) >= 11 is 0. The molecule has 11 heteroatoms. The molecule has 0 N–H and O–H groups in total. The summed E-state index contributed by atoms with van der Waals surface area (Å²) in [6, 6.07) is 0. The Labute approximate surface area is 133 Å². The molecule has 24 heavy (non-hydrogen) atoms. The van der Waals surface area contributed by atoms with Crippen LogP contribution in [-0.2, 0) is 18.9 Å². The van der Waals surface area contributed by atoms with Crippen molar-refractivity contribution in [1.29, 1.82) is 0 Å². The van der Waals surface area contributed by atoms with Crippen molar-refractivity contribution in [2.75, 3.05) is 13.2 Å². The molecule has 0 aromatic rings. The van der Waals surface area contributed by atoms with Gasteiger partial charge in [-0.25, -0.2) is 4.79 Å². The van der Waals surface area contributed by atoms with Crippen molar-refractivity contribution in [2.24, 2.45) is 11.8 Å². The molecular weight excluding hydrogens is 350 g/mol. The Morgan fingerprint density at radius 3 is 1.38 bits per heavy atom. The second-order valence-corrected chi connectivity index (χ2v) is 5.92. The lowest BCUT2D eigenvalue weighted by Gasteiger charge is -2.35. The van der Waals surface area contributed by atoms with Crippen molar-refractivity contribution < 1.29 is 50.1 Å². The fourth-order valence-corrected chi connectivity index (χ4v) is 2.61. The first kappa shape index (κ1) is 19.1. The number of ether oxygens (including phenoxy) is 4. The number of hydrogen-bond donors (Lipinski definition) is 0. The molecule has 0 bridgehead atoms. The smallest absolute Gasteiger partial charge is 0.434 e. The summed E-state index contributed by atoms with van der Waals surface area (Å²) in [5, 5.41) is 0. The molecule has 0 atom stereocenters. The lowest BCUT2D eigenvalue weighted by Crippen LogP contribution is -2.39. The molecule has 0 aromatic carbocycles. The average molecular weight is 366 g/mol. The molecule has 0 radical (unpaired) electrons.